The van der Waals surface area contributed by atoms with Crippen molar-refractivity contribution < 1.29 is 4.21 Å². The summed E-state index contributed by atoms with van der Waals surface area (Å²) in [6, 6.07) is 5.54. The number of nitrogens with zero attached hydrogens (tertiary/aromatic N) is 1. The van der Waals surface area contributed by atoms with Gasteiger partial charge in [-0.2, -0.15) is 4.40 Å². The molecule has 0 N–H and O–H groups in total. The minimum absolute atomic E-state index is 0.323. The first-order valence-electron chi connectivity index (χ1n) is 5.03. The fourth-order valence-electron chi connectivity index (χ4n) is 1.05. The molecule has 0 spiro atoms. The van der Waals surface area contributed by atoms with E-state index in [0.717, 1.165) is 11.1 Å². The van der Waals surface area contributed by atoms with Crippen LogP contribution in [-0.4, -0.2) is 15.2 Å². The molecule has 0 saturated heterocycles. The summed E-state index contributed by atoms with van der Waals surface area (Å²) < 4.78 is 15.4. The molecule has 1 rings (SSSR count). The van der Waals surface area contributed by atoms with Gasteiger partial charge in [0.25, 0.3) is 0 Å². The molecule has 16 heavy (non-hydrogen) atoms. The minimum Gasteiger partial charge on any atom is -0.234 e. The minimum atomic E-state index is -1.21. The van der Waals surface area contributed by atoms with Crippen molar-refractivity contribution in [3.8, 4) is 0 Å². The van der Waals surface area contributed by atoms with Gasteiger partial charge < -0.3 is 0 Å². The molecule has 88 valence electrons. The Morgan fingerprint density at radius 2 is 2.00 bits per heavy atom. The average molecular weight is 258 g/mol. The third-order valence-electron chi connectivity index (χ3n) is 2.04. The Bertz CT molecular complexity index is 435. The Morgan fingerprint density at radius 3 is 2.50 bits per heavy atom. The second-order valence-corrected chi connectivity index (χ2v) is 6.97. The predicted molar refractivity (Wildman–Crippen MR) is 71.7 cm³/mol. The molecule has 0 heterocycles. The molecule has 0 aliphatic carbocycles. The fraction of sp³-hybridized carbons (Fsp3) is 0.417. The lowest BCUT2D eigenvalue weighted by atomic mass is 10.1. The highest BCUT2D eigenvalue weighted by Crippen LogP contribution is 2.15. The van der Waals surface area contributed by atoms with E-state index in [0.29, 0.717) is 5.02 Å². The van der Waals surface area contributed by atoms with Crippen molar-refractivity contribution in [1.82, 2.24) is 0 Å². The number of halogens is 1. The Kier molecular flexibility index (Phi) is 4.28. The van der Waals surface area contributed by atoms with E-state index in [4.69, 9.17) is 11.6 Å². The smallest absolute Gasteiger partial charge is 0.144 e. The Labute approximate surface area is 104 Å². The number of hydrogen-bond donors (Lipinski definition) is 0. The van der Waals surface area contributed by atoms with Gasteiger partial charge in [-0.05, 0) is 51.0 Å². The van der Waals surface area contributed by atoms with Crippen molar-refractivity contribution >= 4 is 28.8 Å². The van der Waals surface area contributed by atoms with Crippen LogP contribution in [0.25, 0.3) is 0 Å². The van der Waals surface area contributed by atoms with Gasteiger partial charge in [0.05, 0.1) is 4.75 Å². The fourth-order valence-corrected chi connectivity index (χ4v) is 1.80. The van der Waals surface area contributed by atoms with E-state index in [2.05, 4.69) is 4.40 Å². The van der Waals surface area contributed by atoms with Crippen molar-refractivity contribution in [2.24, 2.45) is 4.40 Å². The van der Waals surface area contributed by atoms with Gasteiger partial charge in [-0.1, -0.05) is 17.7 Å². The lowest BCUT2D eigenvalue weighted by Gasteiger charge is -2.12. The lowest BCUT2D eigenvalue weighted by Crippen LogP contribution is -2.19. The van der Waals surface area contributed by atoms with Gasteiger partial charge in [-0.15, -0.1) is 0 Å². The average Bonchev–Trinajstić information content (AvgIpc) is 2.14. The maximum atomic E-state index is 11.7. The van der Waals surface area contributed by atoms with Gasteiger partial charge >= 0.3 is 0 Å². The van der Waals surface area contributed by atoms with Crippen LogP contribution in [0.15, 0.2) is 22.6 Å². The first-order valence-corrected chi connectivity index (χ1v) is 6.51. The van der Waals surface area contributed by atoms with Crippen LogP contribution in [0.4, 0.5) is 0 Å². The summed E-state index contributed by atoms with van der Waals surface area (Å²) in [6.45, 7) is 7.65. The maximum Gasteiger partial charge on any atom is 0.144 e. The Balaban J connectivity index is 2.89. The third-order valence-corrected chi connectivity index (χ3v) is 3.62. The lowest BCUT2D eigenvalue weighted by molar-refractivity contribution is 0.651. The highest BCUT2D eigenvalue weighted by Gasteiger charge is 2.18. The Hall–Kier alpha value is -0.670. The van der Waals surface area contributed by atoms with E-state index in [9.17, 15) is 4.21 Å². The zero-order valence-corrected chi connectivity index (χ0v) is 11.5. The van der Waals surface area contributed by atoms with Gasteiger partial charge in [-0.25, -0.2) is 4.21 Å². The van der Waals surface area contributed by atoms with Gasteiger partial charge in [0.2, 0.25) is 0 Å². The molecule has 4 heteroatoms. The van der Waals surface area contributed by atoms with Crippen LogP contribution in [0.2, 0.25) is 5.02 Å². The quantitative estimate of drug-likeness (QED) is 0.746. The number of rotatable bonds is 2. The maximum absolute atomic E-state index is 11.7. The van der Waals surface area contributed by atoms with Crippen molar-refractivity contribution in [2.45, 2.75) is 32.4 Å². The summed E-state index contributed by atoms with van der Waals surface area (Å²) in [5.41, 5.74) is 1.98. The molecule has 0 saturated carbocycles. The van der Waals surface area contributed by atoms with Crippen LogP contribution in [0.1, 0.15) is 31.9 Å². The summed E-state index contributed by atoms with van der Waals surface area (Å²) in [5.74, 6) is 0. The van der Waals surface area contributed by atoms with Crippen molar-refractivity contribution in [2.75, 3.05) is 0 Å². The zero-order chi connectivity index (χ0) is 12.3. The van der Waals surface area contributed by atoms with Gasteiger partial charge in [0.1, 0.15) is 11.0 Å². The van der Waals surface area contributed by atoms with E-state index in [1.807, 2.05) is 39.8 Å². The number of benzene rings is 1. The first kappa shape index (κ1) is 13.4. The summed E-state index contributed by atoms with van der Waals surface area (Å²) in [6.07, 6.45) is 1.65. The molecule has 2 nitrogen and oxygen atoms in total. The van der Waals surface area contributed by atoms with Crippen molar-refractivity contribution in [1.29, 1.82) is 0 Å². The molecule has 0 aromatic heterocycles. The number of aryl methyl sites for hydroxylation is 1. The largest absolute Gasteiger partial charge is 0.234 e. The summed E-state index contributed by atoms with van der Waals surface area (Å²) in [5, 5.41) is 0.701. The predicted octanol–water partition coefficient (Wildman–Crippen LogP) is 3.53. The zero-order valence-electron chi connectivity index (χ0n) is 9.95. The molecule has 0 aliphatic heterocycles. The Morgan fingerprint density at radius 1 is 1.38 bits per heavy atom. The van der Waals surface area contributed by atoms with Crippen LogP contribution in [0.3, 0.4) is 0 Å². The molecule has 1 aromatic carbocycles. The number of hydrogen-bond acceptors (Lipinski definition) is 1. The molecule has 0 unspecified atom stereocenters. The monoisotopic (exact) mass is 257 g/mol. The normalized spacial score (nSPS) is 14.3. The van der Waals surface area contributed by atoms with Gasteiger partial charge in [0, 0.05) is 11.2 Å². The van der Waals surface area contributed by atoms with Crippen molar-refractivity contribution in [3.63, 3.8) is 0 Å². The summed E-state index contributed by atoms with van der Waals surface area (Å²) in [4.78, 5) is 0. The second-order valence-electron chi connectivity index (χ2n) is 4.60. The first-order chi connectivity index (χ1) is 7.30. The van der Waals surface area contributed by atoms with E-state index < -0.39 is 11.0 Å². The standard InChI is InChI=1S/C12H16ClNOS/c1-9-7-11(13)6-5-10(9)8-14-16(15)12(2,3)4/h5-8H,1-4H3/b14-8+/t16-/m1/s1. The molecular formula is C12H16ClNOS. The van der Waals surface area contributed by atoms with Crippen molar-refractivity contribution in [3.05, 3.63) is 34.3 Å². The molecule has 0 radical (unpaired) electrons. The topological polar surface area (TPSA) is 29.4 Å². The van der Waals surface area contributed by atoms with Crippen LogP contribution >= 0.6 is 11.6 Å². The van der Waals surface area contributed by atoms with E-state index in [1.165, 1.54) is 0 Å². The third kappa shape index (κ3) is 3.72. The molecule has 0 aliphatic rings. The van der Waals surface area contributed by atoms with E-state index in [-0.39, 0.29) is 4.75 Å². The van der Waals surface area contributed by atoms with Crippen LogP contribution < -0.4 is 0 Å². The van der Waals surface area contributed by atoms with Crippen LogP contribution in [-0.2, 0) is 11.0 Å². The molecule has 0 fully saturated rings. The van der Waals surface area contributed by atoms with E-state index in [1.54, 1.807) is 12.3 Å². The van der Waals surface area contributed by atoms with Gasteiger partial charge in [-0.3, -0.25) is 0 Å². The SMILES string of the molecule is Cc1cc(Cl)ccc1/C=N/[S@](=O)C(C)(C)C. The van der Waals surface area contributed by atoms with E-state index >= 15 is 0 Å². The molecule has 0 bridgehead atoms. The summed E-state index contributed by atoms with van der Waals surface area (Å²) >= 11 is 5.85. The second kappa shape index (κ2) is 5.11. The highest BCUT2D eigenvalue weighted by atomic mass is 35.5. The molecular weight excluding hydrogens is 242 g/mol. The van der Waals surface area contributed by atoms with Crippen LogP contribution in [0.5, 0.6) is 0 Å². The highest BCUT2D eigenvalue weighted by molar-refractivity contribution is 7.85. The van der Waals surface area contributed by atoms with Gasteiger partial charge in [0.15, 0.2) is 0 Å². The van der Waals surface area contributed by atoms with Crippen LogP contribution in [0, 0.1) is 6.92 Å². The molecule has 1 atom stereocenters. The summed E-state index contributed by atoms with van der Waals surface area (Å²) in [7, 11) is -1.21. The molecule has 1 aromatic rings. The molecule has 0 amide bonds.